The Morgan fingerprint density at radius 1 is 1.23 bits per heavy atom. The second-order valence-corrected chi connectivity index (χ2v) is 3.80. The number of aromatic nitrogens is 2. The molecule has 0 aromatic carbocycles. The zero-order valence-corrected chi connectivity index (χ0v) is 7.91. The van der Waals surface area contributed by atoms with Crippen LogP contribution in [0.25, 0.3) is 0 Å². The van der Waals surface area contributed by atoms with Gasteiger partial charge in [0.15, 0.2) is 0 Å². The number of rotatable bonds is 0. The van der Waals surface area contributed by atoms with Crippen molar-refractivity contribution in [2.75, 3.05) is 11.5 Å². The first kappa shape index (κ1) is 8.29. The normalized spacial score (nSPS) is 26.0. The molecule has 4 nitrogen and oxygen atoms in total. The molecule has 2 atom stereocenters. The zero-order chi connectivity index (χ0) is 9.59. The molecule has 0 radical (unpaired) electrons. The van der Waals surface area contributed by atoms with Gasteiger partial charge in [0.2, 0.25) is 5.95 Å². The Kier molecular flexibility index (Phi) is 1.65. The monoisotopic (exact) mass is 178 g/mol. The lowest BCUT2D eigenvalue weighted by atomic mass is 9.97. The lowest BCUT2D eigenvalue weighted by Gasteiger charge is -2.10. The van der Waals surface area contributed by atoms with E-state index in [-0.39, 0.29) is 5.95 Å². The number of fused-ring (bicyclic) bond motifs is 1. The standard InChI is InChI=1S/C9H14N4/c1-4-3-6-7(5(4)2)8(10)13-9(11)12-6/h4-5H,3H2,1-2H3,(H4,10,11,12,13). The summed E-state index contributed by atoms with van der Waals surface area (Å²) in [6.45, 7) is 4.36. The van der Waals surface area contributed by atoms with Gasteiger partial charge >= 0.3 is 0 Å². The number of hydrogen-bond acceptors (Lipinski definition) is 4. The Labute approximate surface area is 77.4 Å². The van der Waals surface area contributed by atoms with Crippen LogP contribution in [0.4, 0.5) is 11.8 Å². The van der Waals surface area contributed by atoms with E-state index in [2.05, 4.69) is 23.8 Å². The summed E-state index contributed by atoms with van der Waals surface area (Å²) >= 11 is 0. The highest BCUT2D eigenvalue weighted by atomic mass is 15.0. The fourth-order valence-electron chi connectivity index (χ4n) is 1.97. The number of nitrogen functional groups attached to an aromatic ring is 2. The van der Waals surface area contributed by atoms with Crippen LogP contribution in [0.5, 0.6) is 0 Å². The van der Waals surface area contributed by atoms with Gasteiger partial charge in [-0.1, -0.05) is 13.8 Å². The summed E-state index contributed by atoms with van der Waals surface area (Å²) in [4.78, 5) is 8.18. The number of nitrogens with two attached hydrogens (primary N) is 2. The maximum Gasteiger partial charge on any atom is 0.222 e. The minimum atomic E-state index is 0.289. The van der Waals surface area contributed by atoms with Gasteiger partial charge in [0.05, 0.1) is 5.69 Å². The van der Waals surface area contributed by atoms with Crippen LogP contribution in [-0.2, 0) is 6.42 Å². The van der Waals surface area contributed by atoms with Crippen molar-refractivity contribution in [3.8, 4) is 0 Å². The van der Waals surface area contributed by atoms with Gasteiger partial charge in [0.1, 0.15) is 5.82 Å². The lowest BCUT2D eigenvalue weighted by molar-refractivity contribution is 0.531. The molecule has 0 aliphatic heterocycles. The van der Waals surface area contributed by atoms with Gasteiger partial charge in [-0.15, -0.1) is 0 Å². The summed E-state index contributed by atoms with van der Waals surface area (Å²) < 4.78 is 0. The molecule has 2 rings (SSSR count). The second kappa shape index (κ2) is 2.58. The third kappa shape index (κ3) is 1.13. The van der Waals surface area contributed by atoms with E-state index >= 15 is 0 Å². The maximum absolute atomic E-state index is 5.79. The van der Waals surface area contributed by atoms with Crippen LogP contribution in [0.3, 0.4) is 0 Å². The Morgan fingerprint density at radius 3 is 2.62 bits per heavy atom. The first-order valence-electron chi connectivity index (χ1n) is 4.51. The van der Waals surface area contributed by atoms with Crippen LogP contribution in [0.2, 0.25) is 0 Å². The molecule has 1 aliphatic rings. The molecule has 0 fully saturated rings. The number of anilines is 2. The van der Waals surface area contributed by atoms with Crippen LogP contribution in [0.15, 0.2) is 0 Å². The summed E-state index contributed by atoms with van der Waals surface area (Å²) in [5, 5.41) is 0. The van der Waals surface area contributed by atoms with E-state index in [4.69, 9.17) is 11.5 Å². The predicted octanol–water partition coefficient (Wildman–Crippen LogP) is 0.937. The average Bonchev–Trinajstić information content (AvgIpc) is 2.27. The molecule has 0 saturated heterocycles. The highest BCUT2D eigenvalue weighted by molar-refractivity contribution is 5.50. The highest BCUT2D eigenvalue weighted by Gasteiger charge is 2.29. The van der Waals surface area contributed by atoms with E-state index < -0.39 is 0 Å². The molecule has 1 aliphatic carbocycles. The van der Waals surface area contributed by atoms with Gasteiger partial charge in [-0.2, -0.15) is 4.98 Å². The van der Waals surface area contributed by atoms with E-state index in [1.54, 1.807) is 0 Å². The SMILES string of the molecule is CC1Cc2nc(N)nc(N)c2C1C. The molecular formula is C9H14N4. The molecule has 1 aromatic heterocycles. The Bertz CT molecular complexity index is 348. The molecule has 13 heavy (non-hydrogen) atoms. The topological polar surface area (TPSA) is 77.8 Å². The van der Waals surface area contributed by atoms with Crippen molar-refractivity contribution < 1.29 is 0 Å². The summed E-state index contributed by atoms with van der Waals surface area (Å²) in [7, 11) is 0. The van der Waals surface area contributed by atoms with Crippen LogP contribution in [-0.4, -0.2) is 9.97 Å². The van der Waals surface area contributed by atoms with Gasteiger partial charge in [-0.25, -0.2) is 4.98 Å². The molecule has 0 amide bonds. The third-order valence-corrected chi connectivity index (χ3v) is 2.90. The Morgan fingerprint density at radius 2 is 1.92 bits per heavy atom. The summed E-state index contributed by atoms with van der Waals surface area (Å²) in [5.74, 6) is 1.89. The van der Waals surface area contributed by atoms with Gasteiger partial charge in [0, 0.05) is 5.56 Å². The largest absolute Gasteiger partial charge is 0.383 e. The smallest absolute Gasteiger partial charge is 0.222 e. The fourth-order valence-corrected chi connectivity index (χ4v) is 1.97. The zero-order valence-electron chi connectivity index (χ0n) is 7.91. The van der Waals surface area contributed by atoms with Gasteiger partial charge in [-0.05, 0) is 18.3 Å². The van der Waals surface area contributed by atoms with Crippen molar-refractivity contribution in [1.82, 2.24) is 9.97 Å². The van der Waals surface area contributed by atoms with Crippen molar-refractivity contribution in [2.45, 2.75) is 26.2 Å². The molecule has 1 heterocycles. The first-order chi connectivity index (χ1) is 6.09. The van der Waals surface area contributed by atoms with Gasteiger partial charge in [-0.3, -0.25) is 0 Å². The second-order valence-electron chi connectivity index (χ2n) is 3.80. The first-order valence-corrected chi connectivity index (χ1v) is 4.51. The van der Waals surface area contributed by atoms with Gasteiger partial charge < -0.3 is 11.5 Å². The molecule has 70 valence electrons. The lowest BCUT2D eigenvalue weighted by Crippen LogP contribution is -2.06. The van der Waals surface area contributed by atoms with Crippen LogP contribution in [0, 0.1) is 5.92 Å². The quantitative estimate of drug-likeness (QED) is 0.619. The number of nitrogens with zero attached hydrogens (tertiary/aromatic N) is 2. The fraction of sp³-hybridized carbons (Fsp3) is 0.556. The van der Waals surface area contributed by atoms with E-state index in [0.717, 1.165) is 17.7 Å². The molecule has 1 aromatic rings. The van der Waals surface area contributed by atoms with Crippen LogP contribution in [0.1, 0.15) is 31.0 Å². The Hall–Kier alpha value is -1.32. The Balaban J connectivity index is 2.57. The van der Waals surface area contributed by atoms with Crippen LogP contribution < -0.4 is 11.5 Å². The van der Waals surface area contributed by atoms with Crippen molar-refractivity contribution in [1.29, 1.82) is 0 Å². The van der Waals surface area contributed by atoms with E-state index in [0.29, 0.717) is 17.7 Å². The molecular weight excluding hydrogens is 164 g/mol. The molecule has 0 bridgehead atoms. The molecule has 4 N–H and O–H groups in total. The van der Waals surface area contributed by atoms with Crippen molar-refractivity contribution in [3.63, 3.8) is 0 Å². The molecule has 4 heteroatoms. The maximum atomic E-state index is 5.79. The predicted molar refractivity (Wildman–Crippen MR) is 52.1 cm³/mol. The van der Waals surface area contributed by atoms with Gasteiger partial charge in [0.25, 0.3) is 0 Å². The summed E-state index contributed by atoms with van der Waals surface area (Å²) in [6.07, 6.45) is 0.966. The minimum absolute atomic E-state index is 0.289. The van der Waals surface area contributed by atoms with E-state index in [1.165, 1.54) is 0 Å². The molecule has 0 saturated carbocycles. The summed E-state index contributed by atoms with van der Waals surface area (Å²) in [6, 6.07) is 0. The highest BCUT2D eigenvalue weighted by Crippen LogP contribution is 2.38. The minimum Gasteiger partial charge on any atom is -0.383 e. The number of hydrogen-bond donors (Lipinski definition) is 2. The van der Waals surface area contributed by atoms with Crippen molar-refractivity contribution >= 4 is 11.8 Å². The molecule has 2 unspecified atom stereocenters. The van der Waals surface area contributed by atoms with Crippen molar-refractivity contribution in [2.24, 2.45) is 5.92 Å². The van der Waals surface area contributed by atoms with E-state index in [1.807, 2.05) is 0 Å². The van der Waals surface area contributed by atoms with Crippen molar-refractivity contribution in [3.05, 3.63) is 11.3 Å². The average molecular weight is 178 g/mol. The molecule has 0 spiro atoms. The third-order valence-electron chi connectivity index (χ3n) is 2.90. The summed E-state index contributed by atoms with van der Waals surface area (Å²) in [5.41, 5.74) is 13.4. The van der Waals surface area contributed by atoms with E-state index in [9.17, 15) is 0 Å². The van der Waals surface area contributed by atoms with Crippen LogP contribution >= 0.6 is 0 Å².